The predicted molar refractivity (Wildman–Crippen MR) is 106 cm³/mol. The number of rotatable bonds is 5. The summed E-state index contributed by atoms with van der Waals surface area (Å²) in [5.74, 6) is 2.97. The van der Waals surface area contributed by atoms with E-state index in [2.05, 4.69) is 46.6 Å². The first-order valence-corrected chi connectivity index (χ1v) is 8.74. The fourth-order valence-corrected chi connectivity index (χ4v) is 2.79. The molecule has 1 aromatic heterocycles. The van der Waals surface area contributed by atoms with Gasteiger partial charge in [0.15, 0.2) is 23.1 Å². The normalized spacial score (nSPS) is 12.3. The molecular formula is C20H21N5O2. The lowest BCUT2D eigenvalue weighted by Crippen LogP contribution is -2.05. The topological polar surface area (TPSA) is 94.3 Å². The molecule has 138 valence electrons. The van der Waals surface area contributed by atoms with Gasteiger partial charge < -0.3 is 25.8 Å². The summed E-state index contributed by atoms with van der Waals surface area (Å²) >= 11 is 0. The predicted octanol–water partition coefficient (Wildman–Crippen LogP) is 4.40. The summed E-state index contributed by atoms with van der Waals surface area (Å²) in [7, 11) is 0. The second-order valence-electron chi connectivity index (χ2n) is 6.58. The fraction of sp³-hybridized carbons (Fsp3) is 0.200. The standard InChI is InChI=1S/C20H21N5O2/c1-12(2)13-3-5-14(6-4-13)24-19-18(21)20(23-10-22-19)25-15-7-8-16-17(9-15)27-11-26-16/h3-10,12H,11,21H2,1-2H3,(H2,22,23,24,25). The molecule has 2 aromatic carbocycles. The van der Waals surface area contributed by atoms with Crippen LogP contribution in [-0.4, -0.2) is 16.8 Å². The van der Waals surface area contributed by atoms with Gasteiger partial charge in [-0.3, -0.25) is 0 Å². The number of nitrogens with zero attached hydrogens (tertiary/aromatic N) is 2. The van der Waals surface area contributed by atoms with Gasteiger partial charge in [-0.15, -0.1) is 0 Å². The summed E-state index contributed by atoms with van der Waals surface area (Å²) in [4.78, 5) is 8.51. The lowest BCUT2D eigenvalue weighted by Gasteiger charge is -2.13. The zero-order chi connectivity index (χ0) is 18.8. The van der Waals surface area contributed by atoms with Crippen molar-refractivity contribution in [3.8, 4) is 11.5 Å². The van der Waals surface area contributed by atoms with E-state index in [-0.39, 0.29) is 6.79 Å². The number of fused-ring (bicyclic) bond motifs is 1. The van der Waals surface area contributed by atoms with Gasteiger partial charge in [-0.25, -0.2) is 9.97 Å². The summed E-state index contributed by atoms with van der Waals surface area (Å²) in [5, 5.41) is 6.45. The molecule has 0 atom stereocenters. The van der Waals surface area contributed by atoms with E-state index in [1.54, 1.807) is 0 Å². The van der Waals surface area contributed by atoms with Crippen LogP contribution in [0.15, 0.2) is 48.8 Å². The van der Waals surface area contributed by atoms with Crippen LogP contribution in [0.3, 0.4) is 0 Å². The quantitative estimate of drug-likeness (QED) is 0.618. The maximum atomic E-state index is 6.26. The third-order valence-corrected chi connectivity index (χ3v) is 4.36. The number of hydrogen-bond donors (Lipinski definition) is 3. The van der Waals surface area contributed by atoms with Gasteiger partial charge in [0.1, 0.15) is 12.0 Å². The molecule has 4 rings (SSSR count). The molecule has 0 fully saturated rings. The Morgan fingerprint density at radius 3 is 2.22 bits per heavy atom. The largest absolute Gasteiger partial charge is 0.454 e. The highest BCUT2D eigenvalue weighted by Crippen LogP contribution is 2.36. The molecule has 27 heavy (non-hydrogen) atoms. The highest BCUT2D eigenvalue weighted by Gasteiger charge is 2.15. The van der Waals surface area contributed by atoms with Gasteiger partial charge in [-0.1, -0.05) is 26.0 Å². The third-order valence-electron chi connectivity index (χ3n) is 4.36. The second-order valence-corrected chi connectivity index (χ2v) is 6.58. The molecule has 7 heteroatoms. The van der Waals surface area contributed by atoms with Crippen molar-refractivity contribution >= 4 is 28.7 Å². The SMILES string of the molecule is CC(C)c1ccc(Nc2ncnc(Nc3ccc4c(c3)OCO4)c2N)cc1. The number of nitrogens with one attached hydrogen (secondary N) is 2. The average Bonchev–Trinajstić information content (AvgIpc) is 3.13. The maximum Gasteiger partial charge on any atom is 0.231 e. The first-order valence-electron chi connectivity index (χ1n) is 8.74. The Hall–Kier alpha value is -3.48. The second kappa shape index (κ2) is 7.03. The lowest BCUT2D eigenvalue weighted by molar-refractivity contribution is 0.174. The molecule has 0 unspecified atom stereocenters. The van der Waals surface area contributed by atoms with E-state index in [0.717, 1.165) is 17.1 Å². The molecule has 0 aliphatic carbocycles. The van der Waals surface area contributed by atoms with E-state index >= 15 is 0 Å². The van der Waals surface area contributed by atoms with Crippen LogP contribution in [0.5, 0.6) is 11.5 Å². The highest BCUT2D eigenvalue weighted by molar-refractivity contribution is 5.80. The van der Waals surface area contributed by atoms with Crippen LogP contribution >= 0.6 is 0 Å². The number of nitrogens with two attached hydrogens (primary N) is 1. The molecule has 1 aliphatic rings. The van der Waals surface area contributed by atoms with E-state index in [9.17, 15) is 0 Å². The van der Waals surface area contributed by atoms with Gasteiger partial charge in [0.2, 0.25) is 6.79 Å². The zero-order valence-corrected chi connectivity index (χ0v) is 15.2. The van der Waals surface area contributed by atoms with Gasteiger partial charge >= 0.3 is 0 Å². The summed E-state index contributed by atoms with van der Waals surface area (Å²) in [6, 6.07) is 13.8. The Labute approximate surface area is 157 Å². The Morgan fingerprint density at radius 1 is 0.889 bits per heavy atom. The number of hydrogen-bond acceptors (Lipinski definition) is 7. The van der Waals surface area contributed by atoms with Gasteiger partial charge in [-0.2, -0.15) is 0 Å². The molecule has 0 radical (unpaired) electrons. The van der Waals surface area contributed by atoms with Crippen LogP contribution in [0.1, 0.15) is 25.3 Å². The van der Waals surface area contributed by atoms with Crippen LogP contribution < -0.4 is 25.8 Å². The number of anilines is 5. The number of aromatic nitrogens is 2. The van der Waals surface area contributed by atoms with Gasteiger partial charge in [-0.05, 0) is 35.7 Å². The molecule has 4 N–H and O–H groups in total. The summed E-state index contributed by atoms with van der Waals surface area (Å²) in [6.07, 6.45) is 1.47. The minimum Gasteiger partial charge on any atom is -0.454 e. The minimum absolute atomic E-state index is 0.234. The van der Waals surface area contributed by atoms with Crippen molar-refractivity contribution < 1.29 is 9.47 Å². The number of nitrogen functional groups attached to an aromatic ring is 1. The van der Waals surface area contributed by atoms with Crippen LogP contribution in [0, 0.1) is 0 Å². The van der Waals surface area contributed by atoms with Crippen LogP contribution in [0.4, 0.5) is 28.7 Å². The Kier molecular flexibility index (Phi) is 4.42. The maximum absolute atomic E-state index is 6.26. The van der Waals surface area contributed by atoms with Crippen LogP contribution in [0.25, 0.3) is 0 Å². The first-order chi connectivity index (χ1) is 13.1. The van der Waals surface area contributed by atoms with Crippen molar-refractivity contribution in [2.24, 2.45) is 0 Å². The van der Waals surface area contributed by atoms with Gasteiger partial charge in [0, 0.05) is 17.4 Å². The molecule has 0 saturated carbocycles. The average molecular weight is 363 g/mol. The molecule has 0 spiro atoms. The minimum atomic E-state index is 0.234. The zero-order valence-electron chi connectivity index (χ0n) is 15.2. The monoisotopic (exact) mass is 363 g/mol. The van der Waals surface area contributed by atoms with Crippen LogP contribution in [-0.2, 0) is 0 Å². The van der Waals surface area contributed by atoms with E-state index in [1.165, 1.54) is 11.9 Å². The van der Waals surface area contributed by atoms with Crippen LogP contribution in [0.2, 0.25) is 0 Å². The summed E-state index contributed by atoms with van der Waals surface area (Å²) in [5.41, 5.74) is 9.69. The van der Waals surface area contributed by atoms with Crippen molar-refractivity contribution in [2.45, 2.75) is 19.8 Å². The van der Waals surface area contributed by atoms with E-state index < -0.39 is 0 Å². The summed E-state index contributed by atoms with van der Waals surface area (Å²) in [6.45, 7) is 4.57. The van der Waals surface area contributed by atoms with Crippen molar-refractivity contribution in [2.75, 3.05) is 23.2 Å². The molecule has 1 aliphatic heterocycles. The van der Waals surface area contributed by atoms with E-state index in [4.69, 9.17) is 15.2 Å². The van der Waals surface area contributed by atoms with Crippen molar-refractivity contribution in [1.29, 1.82) is 0 Å². The molecule has 0 bridgehead atoms. The first kappa shape index (κ1) is 17.0. The van der Waals surface area contributed by atoms with Crippen molar-refractivity contribution in [3.05, 3.63) is 54.4 Å². The Morgan fingerprint density at radius 2 is 1.52 bits per heavy atom. The molecule has 3 aromatic rings. The molecule has 0 amide bonds. The molecule has 2 heterocycles. The summed E-state index contributed by atoms with van der Waals surface area (Å²) < 4.78 is 10.7. The van der Waals surface area contributed by atoms with E-state index in [1.807, 2.05) is 30.3 Å². The van der Waals surface area contributed by atoms with Gasteiger partial charge in [0.05, 0.1) is 0 Å². The lowest BCUT2D eigenvalue weighted by atomic mass is 10.0. The number of benzene rings is 2. The van der Waals surface area contributed by atoms with Gasteiger partial charge in [0.25, 0.3) is 0 Å². The molecule has 7 nitrogen and oxygen atoms in total. The van der Waals surface area contributed by atoms with E-state index in [0.29, 0.717) is 29.0 Å². The Balaban J connectivity index is 1.54. The van der Waals surface area contributed by atoms with Crippen molar-refractivity contribution in [3.63, 3.8) is 0 Å². The fourth-order valence-electron chi connectivity index (χ4n) is 2.79. The third kappa shape index (κ3) is 3.57. The Bertz CT molecular complexity index is 957. The number of ether oxygens (including phenoxy) is 2. The highest BCUT2D eigenvalue weighted by atomic mass is 16.7. The smallest absolute Gasteiger partial charge is 0.231 e. The molecular weight excluding hydrogens is 342 g/mol. The molecule has 0 saturated heterocycles. The van der Waals surface area contributed by atoms with Crippen molar-refractivity contribution in [1.82, 2.24) is 9.97 Å².